The Labute approximate surface area is 187 Å². The maximum absolute atomic E-state index is 13.0. The lowest BCUT2D eigenvalue weighted by molar-refractivity contribution is -0.384. The summed E-state index contributed by atoms with van der Waals surface area (Å²) < 4.78 is 0. The highest BCUT2D eigenvalue weighted by Crippen LogP contribution is 2.18. The van der Waals surface area contributed by atoms with E-state index in [0.29, 0.717) is 18.8 Å². The Morgan fingerprint density at radius 3 is 2.39 bits per heavy atom. The number of non-ortho nitro benzene ring substituents is 1. The molecule has 2 aromatic carbocycles. The molecule has 166 valence electrons. The third-order valence-corrected chi connectivity index (χ3v) is 5.82. The van der Waals surface area contributed by atoms with Crippen LogP contribution in [0.5, 0.6) is 0 Å². The summed E-state index contributed by atoms with van der Waals surface area (Å²) in [6.45, 7) is 4.77. The van der Waals surface area contributed by atoms with E-state index >= 15 is 0 Å². The van der Waals surface area contributed by atoms with Gasteiger partial charge in [-0.15, -0.1) is 11.8 Å². The molecule has 1 atom stereocenters. The molecular formula is C23H29N3O4S. The predicted molar refractivity (Wildman–Crippen MR) is 124 cm³/mol. The van der Waals surface area contributed by atoms with Crippen molar-refractivity contribution >= 4 is 29.3 Å². The number of carbonyl (C=O) groups is 2. The highest BCUT2D eigenvalue weighted by Gasteiger charge is 2.25. The second-order valence-corrected chi connectivity index (χ2v) is 8.23. The minimum Gasteiger partial charge on any atom is -0.354 e. The summed E-state index contributed by atoms with van der Waals surface area (Å²) in [4.78, 5) is 37.5. The predicted octanol–water partition coefficient (Wildman–Crippen LogP) is 4.16. The molecule has 0 spiro atoms. The number of amides is 2. The van der Waals surface area contributed by atoms with E-state index in [2.05, 4.69) is 12.2 Å². The molecule has 2 amide bonds. The summed E-state index contributed by atoms with van der Waals surface area (Å²) >= 11 is 1.43. The summed E-state index contributed by atoms with van der Waals surface area (Å²) in [6, 6.07) is 15.3. The highest BCUT2D eigenvalue weighted by atomic mass is 32.2. The largest absolute Gasteiger partial charge is 0.354 e. The van der Waals surface area contributed by atoms with Gasteiger partial charge in [0.1, 0.15) is 6.04 Å². The zero-order chi connectivity index (χ0) is 22.6. The van der Waals surface area contributed by atoms with Crippen LogP contribution in [0.3, 0.4) is 0 Å². The van der Waals surface area contributed by atoms with Gasteiger partial charge in [-0.1, -0.05) is 55.8 Å². The van der Waals surface area contributed by atoms with Gasteiger partial charge in [0.05, 0.1) is 10.7 Å². The minimum atomic E-state index is -0.579. The number of nitrogens with one attached hydrogen (secondary N) is 1. The standard InChI is InChI=1S/C23H29N3O4S/c1-3-4-14-24-23(28)18(2)25(15-19-8-6-5-7-9-19)22(27)17-31-16-20-10-12-21(13-11-20)26(29)30/h5-13,18H,3-4,14-17H2,1-2H3,(H,24,28). The van der Waals surface area contributed by atoms with Crippen molar-refractivity contribution in [3.63, 3.8) is 0 Å². The molecule has 2 rings (SSSR count). The number of thioether (sulfide) groups is 1. The zero-order valence-electron chi connectivity index (χ0n) is 18.0. The molecule has 1 N–H and O–H groups in total. The maximum atomic E-state index is 13.0. The fourth-order valence-electron chi connectivity index (χ4n) is 2.95. The van der Waals surface area contributed by atoms with E-state index in [9.17, 15) is 19.7 Å². The van der Waals surface area contributed by atoms with E-state index in [0.717, 1.165) is 24.0 Å². The van der Waals surface area contributed by atoms with Crippen LogP contribution in [0.2, 0.25) is 0 Å². The molecule has 1 unspecified atom stereocenters. The van der Waals surface area contributed by atoms with E-state index in [-0.39, 0.29) is 23.3 Å². The number of nitro benzene ring substituents is 1. The first-order chi connectivity index (χ1) is 14.9. The smallest absolute Gasteiger partial charge is 0.269 e. The summed E-state index contributed by atoms with van der Waals surface area (Å²) in [5.41, 5.74) is 1.91. The van der Waals surface area contributed by atoms with Crippen LogP contribution < -0.4 is 5.32 Å². The van der Waals surface area contributed by atoms with E-state index < -0.39 is 11.0 Å². The molecule has 8 heteroatoms. The fraction of sp³-hybridized carbons (Fsp3) is 0.391. The number of nitro groups is 1. The Bertz CT molecular complexity index is 859. The zero-order valence-corrected chi connectivity index (χ0v) is 18.8. The summed E-state index contributed by atoms with van der Waals surface area (Å²) in [5, 5.41) is 13.7. The number of hydrogen-bond donors (Lipinski definition) is 1. The molecule has 2 aromatic rings. The average Bonchev–Trinajstić information content (AvgIpc) is 2.78. The van der Waals surface area contributed by atoms with Gasteiger partial charge in [-0.3, -0.25) is 19.7 Å². The third-order valence-electron chi connectivity index (χ3n) is 4.83. The maximum Gasteiger partial charge on any atom is 0.269 e. The Morgan fingerprint density at radius 2 is 1.77 bits per heavy atom. The van der Waals surface area contributed by atoms with Crippen LogP contribution in [0.25, 0.3) is 0 Å². The van der Waals surface area contributed by atoms with Crippen molar-refractivity contribution in [3.05, 3.63) is 75.8 Å². The van der Waals surface area contributed by atoms with Crippen molar-refractivity contribution in [1.29, 1.82) is 0 Å². The minimum absolute atomic E-state index is 0.0433. The van der Waals surface area contributed by atoms with Crippen LogP contribution in [0.4, 0.5) is 5.69 Å². The molecule has 7 nitrogen and oxygen atoms in total. The summed E-state index contributed by atoms with van der Waals surface area (Å²) in [7, 11) is 0. The van der Waals surface area contributed by atoms with Crippen LogP contribution in [0.15, 0.2) is 54.6 Å². The Hall–Kier alpha value is -2.87. The van der Waals surface area contributed by atoms with E-state index in [4.69, 9.17) is 0 Å². The number of carbonyl (C=O) groups excluding carboxylic acids is 2. The number of hydrogen-bond acceptors (Lipinski definition) is 5. The van der Waals surface area contributed by atoms with E-state index in [1.54, 1.807) is 24.0 Å². The van der Waals surface area contributed by atoms with E-state index in [1.165, 1.54) is 23.9 Å². The van der Waals surface area contributed by atoms with Gasteiger partial charge in [-0.25, -0.2) is 0 Å². The van der Waals surface area contributed by atoms with Gasteiger partial charge in [0, 0.05) is 31.0 Å². The lowest BCUT2D eigenvalue weighted by atomic mass is 10.1. The van der Waals surface area contributed by atoms with Gasteiger partial charge < -0.3 is 10.2 Å². The first-order valence-corrected chi connectivity index (χ1v) is 11.5. The van der Waals surface area contributed by atoms with Crippen LogP contribution >= 0.6 is 11.8 Å². The van der Waals surface area contributed by atoms with Gasteiger partial charge in [-0.05, 0) is 24.5 Å². The van der Waals surface area contributed by atoms with Crippen LogP contribution in [0.1, 0.15) is 37.8 Å². The van der Waals surface area contributed by atoms with Crippen molar-refractivity contribution in [2.24, 2.45) is 0 Å². The van der Waals surface area contributed by atoms with Gasteiger partial charge >= 0.3 is 0 Å². The Kier molecular flexibility index (Phi) is 10.0. The van der Waals surface area contributed by atoms with Gasteiger partial charge in [0.25, 0.3) is 5.69 Å². The molecule has 0 aromatic heterocycles. The number of benzene rings is 2. The van der Waals surface area contributed by atoms with Crippen LogP contribution in [-0.2, 0) is 21.9 Å². The molecule has 0 heterocycles. The normalized spacial score (nSPS) is 11.5. The molecular weight excluding hydrogens is 414 g/mol. The van der Waals surface area contributed by atoms with Crippen LogP contribution in [0, 0.1) is 10.1 Å². The van der Waals surface area contributed by atoms with Crippen molar-refractivity contribution in [2.75, 3.05) is 12.3 Å². The van der Waals surface area contributed by atoms with Gasteiger partial charge in [0.15, 0.2) is 0 Å². The van der Waals surface area contributed by atoms with Gasteiger partial charge in [-0.2, -0.15) is 0 Å². The number of nitrogens with zero attached hydrogens (tertiary/aromatic N) is 2. The molecule has 31 heavy (non-hydrogen) atoms. The average molecular weight is 444 g/mol. The second-order valence-electron chi connectivity index (χ2n) is 7.24. The second kappa shape index (κ2) is 12.7. The molecule has 0 radical (unpaired) electrons. The van der Waals surface area contributed by atoms with Crippen molar-refractivity contribution in [3.8, 4) is 0 Å². The van der Waals surface area contributed by atoms with E-state index in [1.807, 2.05) is 30.3 Å². The van der Waals surface area contributed by atoms with Crippen LogP contribution in [-0.4, -0.2) is 40.0 Å². The summed E-state index contributed by atoms with van der Waals surface area (Å²) in [5.74, 6) is 0.503. The van der Waals surface area contributed by atoms with Crippen molar-refractivity contribution in [1.82, 2.24) is 10.2 Å². The third kappa shape index (κ3) is 8.05. The molecule has 0 fully saturated rings. The molecule has 0 saturated heterocycles. The number of unbranched alkanes of at least 4 members (excludes halogenated alkanes) is 1. The Balaban J connectivity index is 1.99. The summed E-state index contributed by atoms with van der Waals surface area (Å²) in [6.07, 6.45) is 1.89. The number of rotatable bonds is 12. The van der Waals surface area contributed by atoms with Gasteiger partial charge in [0.2, 0.25) is 11.8 Å². The first kappa shape index (κ1) is 24.4. The first-order valence-electron chi connectivity index (χ1n) is 10.3. The molecule has 0 aliphatic carbocycles. The molecule has 0 aliphatic rings. The lowest BCUT2D eigenvalue weighted by Crippen LogP contribution is -2.48. The Morgan fingerprint density at radius 1 is 1.10 bits per heavy atom. The fourth-order valence-corrected chi connectivity index (χ4v) is 3.82. The topological polar surface area (TPSA) is 92.6 Å². The molecule has 0 saturated carbocycles. The quantitative estimate of drug-likeness (QED) is 0.302. The highest BCUT2D eigenvalue weighted by molar-refractivity contribution is 7.99. The van der Waals surface area contributed by atoms with Crippen molar-refractivity contribution in [2.45, 2.75) is 45.0 Å². The molecule has 0 aliphatic heterocycles. The monoisotopic (exact) mass is 443 g/mol. The molecule has 0 bridgehead atoms. The SMILES string of the molecule is CCCCNC(=O)C(C)N(Cc1ccccc1)C(=O)CSCc1ccc([N+](=O)[O-])cc1. The lowest BCUT2D eigenvalue weighted by Gasteiger charge is -2.28. The van der Waals surface area contributed by atoms with Crippen molar-refractivity contribution < 1.29 is 14.5 Å².